The highest BCUT2D eigenvalue weighted by Gasteiger charge is 2.32. The second kappa shape index (κ2) is 7.62. The number of pyridine rings is 1. The average Bonchev–Trinajstić information content (AvgIpc) is 3.36. The lowest BCUT2D eigenvalue weighted by molar-refractivity contribution is 0.145. The molecule has 1 fully saturated rings. The second-order valence-corrected chi connectivity index (χ2v) is 6.42. The molecule has 11 heteroatoms. The van der Waals surface area contributed by atoms with Crippen LogP contribution in [-0.2, 0) is 4.74 Å². The molecule has 1 atom stereocenters. The minimum Gasteiger partial charge on any atom is -0.442 e. The van der Waals surface area contributed by atoms with Crippen LogP contribution in [-0.4, -0.2) is 56.3 Å². The fourth-order valence-corrected chi connectivity index (χ4v) is 2.93. The Morgan fingerprint density at radius 1 is 1.38 bits per heavy atom. The van der Waals surface area contributed by atoms with E-state index in [2.05, 4.69) is 25.5 Å². The van der Waals surface area contributed by atoms with Crippen molar-refractivity contribution in [1.82, 2.24) is 25.2 Å². The third-order valence-corrected chi connectivity index (χ3v) is 4.33. The van der Waals surface area contributed by atoms with Crippen molar-refractivity contribution in [3.05, 3.63) is 48.7 Å². The maximum Gasteiger partial charge on any atom is 0.414 e. The number of anilines is 1. The number of cyclic esters (lactones) is 1. The molecule has 4 rings (SSSR count). The maximum absolute atomic E-state index is 14.8. The lowest BCUT2D eigenvalue weighted by Gasteiger charge is -2.14. The number of nitrogens with zero attached hydrogens (tertiary/aromatic N) is 7. The van der Waals surface area contributed by atoms with Crippen molar-refractivity contribution in [3.8, 4) is 16.9 Å². The number of rotatable bonds is 5. The number of carbonyl (C=O) groups excluding carboxylic acids is 1. The molecule has 0 aliphatic carbocycles. The zero-order valence-electron chi connectivity index (χ0n) is 15.4. The van der Waals surface area contributed by atoms with E-state index in [0.717, 1.165) is 0 Å². The van der Waals surface area contributed by atoms with Crippen molar-refractivity contribution in [2.45, 2.75) is 13.0 Å². The fraction of sp³-hybridized carbons (Fsp3) is 0.222. The number of tetrazole rings is 1. The van der Waals surface area contributed by atoms with Crippen molar-refractivity contribution >= 4 is 17.6 Å². The molecule has 1 aromatic carbocycles. The Morgan fingerprint density at radius 2 is 2.24 bits per heavy atom. The monoisotopic (exact) mass is 396 g/mol. The summed E-state index contributed by atoms with van der Waals surface area (Å²) < 4.78 is 21.4. The third kappa shape index (κ3) is 3.88. The van der Waals surface area contributed by atoms with Crippen LogP contribution in [0.1, 0.15) is 6.92 Å². The van der Waals surface area contributed by atoms with Crippen LogP contribution in [0.4, 0.5) is 14.9 Å². The molecule has 0 radical (unpaired) electrons. The largest absolute Gasteiger partial charge is 0.442 e. The van der Waals surface area contributed by atoms with Gasteiger partial charge in [-0.1, -0.05) is 0 Å². The van der Waals surface area contributed by atoms with Crippen LogP contribution in [0.15, 0.2) is 47.8 Å². The summed E-state index contributed by atoms with van der Waals surface area (Å²) in [7, 11) is 0. The van der Waals surface area contributed by atoms with E-state index in [1.807, 2.05) is 0 Å². The van der Waals surface area contributed by atoms with Gasteiger partial charge in [0.25, 0.3) is 0 Å². The number of amides is 1. The molecule has 29 heavy (non-hydrogen) atoms. The Labute approximate surface area is 164 Å². The molecule has 1 aliphatic rings. The first-order valence-corrected chi connectivity index (χ1v) is 8.75. The van der Waals surface area contributed by atoms with Crippen LogP contribution in [0.25, 0.3) is 16.9 Å². The summed E-state index contributed by atoms with van der Waals surface area (Å²) >= 11 is 0. The molecular formula is C18H17FN8O2. The third-order valence-electron chi connectivity index (χ3n) is 4.33. The molecule has 1 saturated heterocycles. The Morgan fingerprint density at radius 3 is 2.90 bits per heavy atom. The van der Waals surface area contributed by atoms with Crippen molar-refractivity contribution in [1.29, 1.82) is 0 Å². The van der Waals surface area contributed by atoms with Crippen molar-refractivity contribution < 1.29 is 13.9 Å². The molecule has 3 aromatic rings. The lowest BCUT2D eigenvalue weighted by atomic mass is 10.1. The number of nitrogens with two attached hydrogens (primary N) is 1. The molecule has 0 bridgehead atoms. The molecule has 2 N–H and O–H groups in total. The minimum absolute atomic E-state index is 0.268. The van der Waals surface area contributed by atoms with Crippen LogP contribution in [0.5, 0.6) is 0 Å². The van der Waals surface area contributed by atoms with Gasteiger partial charge in [0.2, 0.25) is 0 Å². The van der Waals surface area contributed by atoms with Gasteiger partial charge in [0.05, 0.1) is 24.6 Å². The molecule has 0 saturated carbocycles. The van der Waals surface area contributed by atoms with E-state index in [4.69, 9.17) is 10.5 Å². The summed E-state index contributed by atoms with van der Waals surface area (Å²) in [6.07, 6.45) is 1.98. The van der Waals surface area contributed by atoms with E-state index >= 15 is 0 Å². The van der Waals surface area contributed by atoms with Gasteiger partial charge in [0, 0.05) is 17.3 Å². The maximum atomic E-state index is 14.8. The fourth-order valence-electron chi connectivity index (χ4n) is 2.93. The van der Waals surface area contributed by atoms with Crippen LogP contribution < -0.4 is 10.6 Å². The summed E-state index contributed by atoms with van der Waals surface area (Å²) in [6, 6.07) is 7.96. The highest BCUT2D eigenvalue weighted by atomic mass is 19.1. The van der Waals surface area contributed by atoms with Gasteiger partial charge < -0.3 is 10.5 Å². The van der Waals surface area contributed by atoms with E-state index in [0.29, 0.717) is 28.5 Å². The standard InChI is InChI=1S/C18H17FN8O2/c1-11(20)21-8-14-9-26(18(28)29-14)13-3-4-15(16(19)6-13)12-2-5-17(22-7-12)27-10-23-24-25-27/h2-7,10,14H,8-9H2,1H3,(H2,20,21). The van der Waals surface area contributed by atoms with Gasteiger partial charge in [-0.15, -0.1) is 5.10 Å². The molecule has 1 aliphatic heterocycles. The molecule has 10 nitrogen and oxygen atoms in total. The van der Waals surface area contributed by atoms with Gasteiger partial charge in [0.15, 0.2) is 5.82 Å². The number of aliphatic imine (C=N–C) groups is 1. The quantitative estimate of drug-likeness (QED) is 0.513. The number of carbonyl (C=O) groups is 1. The van der Waals surface area contributed by atoms with Crippen LogP contribution in [0.2, 0.25) is 0 Å². The Balaban J connectivity index is 1.52. The highest BCUT2D eigenvalue weighted by molar-refractivity contribution is 5.90. The van der Waals surface area contributed by atoms with Gasteiger partial charge in [-0.25, -0.2) is 14.2 Å². The number of aromatic nitrogens is 5. The summed E-state index contributed by atoms with van der Waals surface area (Å²) in [6.45, 7) is 2.20. The zero-order valence-corrected chi connectivity index (χ0v) is 15.4. The number of halogens is 1. The van der Waals surface area contributed by atoms with E-state index in [1.54, 1.807) is 31.2 Å². The Bertz CT molecular complexity index is 1050. The van der Waals surface area contributed by atoms with E-state index in [1.165, 1.54) is 28.2 Å². The normalized spacial score (nSPS) is 16.9. The molecule has 148 valence electrons. The first kappa shape index (κ1) is 18.5. The molecule has 3 heterocycles. The molecule has 1 amide bonds. The van der Waals surface area contributed by atoms with E-state index in [-0.39, 0.29) is 13.1 Å². The average molecular weight is 396 g/mol. The van der Waals surface area contributed by atoms with Gasteiger partial charge in [0.1, 0.15) is 18.2 Å². The molecule has 2 aromatic heterocycles. The lowest BCUT2D eigenvalue weighted by Crippen LogP contribution is -2.25. The first-order valence-electron chi connectivity index (χ1n) is 8.75. The summed E-state index contributed by atoms with van der Waals surface area (Å²) in [4.78, 5) is 21.8. The van der Waals surface area contributed by atoms with Crippen molar-refractivity contribution in [2.75, 3.05) is 18.0 Å². The summed E-state index contributed by atoms with van der Waals surface area (Å²) in [5.74, 6) is 0.443. The van der Waals surface area contributed by atoms with Crippen molar-refractivity contribution in [3.63, 3.8) is 0 Å². The van der Waals surface area contributed by atoms with Gasteiger partial charge in [-0.2, -0.15) is 4.68 Å². The molecular weight excluding hydrogens is 379 g/mol. The predicted octanol–water partition coefficient (Wildman–Crippen LogP) is 1.57. The number of hydrogen-bond acceptors (Lipinski definition) is 7. The number of benzene rings is 1. The second-order valence-electron chi connectivity index (χ2n) is 6.42. The summed E-state index contributed by atoms with van der Waals surface area (Å²) in [5, 5.41) is 10.9. The van der Waals surface area contributed by atoms with Gasteiger partial charge in [-0.05, 0) is 47.7 Å². The summed E-state index contributed by atoms with van der Waals surface area (Å²) in [5.41, 5.74) is 6.86. The van der Waals surface area contributed by atoms with Crippen molar-refractivity contribution in [2.24, 2.45) is 10.7 Å². The van der Waals surface area contributed by atoms with Gasteiger partial charge >= 0.3 is 6.09 Å². The highest BCUT2D eigenvalue weighted by Crippen LogP contribution is 2.29. The van der Waals surface area contributed by atoms with E-state index in [9.17, 15) is 9.18 Å². The smallest absolute Gasteiger partial charge is 0.414 e. The minimum atomic E-state index is -0.542. The van der Waals surface area contributed by atoms with Crippen LogP contribution in [0.3, 0.4) is 0 Å². The Hall–Kier alpha value is -3.89. The molecule has 1 unspecified atom stereocenters. The molecule has 0 spiro atoms. The predicted molar refractivity (Wildman–Crippen MR) is 102 cm³/mol. The Kier molecular flexibility index (Phi) is 4.85. The number of hydrogen-bond donors (Lipinski definition) is 1. The number of ether oxygens (including phenoxy) is 1. The van der Waals surface area contributed by atoms with Crippen LogP contribution >= 0.6 is 0 Å². The zero-order chi connectivity index (χ0) is 20.4. The SMILES string of the molecule is CC(N)=NCC1CN(c2ccc(-c3ccc(-n4cnnn4)nc3)c(F)c2)C(=O)O1. The topological polar surface area (TPSA) is 124 Å². The first-order chi connectivity index (χ1) is 14.0. The number of amidine groups is 1. The van der Waals surface area contributed by atoms with Gasteiger partial charge in [-0.3, -0.25) is 9.89 Å². The van der Waals surface area contributed by atoms with Crippen LogP contribution in [0, 0.1) is 5.82 Å². The van der Waals surface area contributed by atoms with E-state index < -0.39 is 18.0 Å².